The Bertz CT molecular complexity index is 868. The number of fused-ring (bicyclic) bond motifs is 3. The van der Waals surface area contributed by atoms with Crippen LogP contribution in [0, 0.1) is 5.82 Å². The minimum atomic E-state index is -0.329. The van der Waals surface area contributed by atoms with Crippen molar-refractivity contribution in [3.8, 4) is 0 Å². The van der Waals surface area contributed by atoms with E-state index in [1.807, 2.05) is 6.07 Å². The topological polar surface area (TPSA) is 61.4 Å². The second-order valence-electron chi connectivity index (χ2n) is 6.74. The largest absolute Gasteiger partial charge is 0.358 e. The summed E-state index contributed by atoms with van der Waals surface area (Å²) in [6.45, 7) is 1.10. The van der Waals surface area contributed by atoms with Gasteiger partial charge in [0.15, 0.2) is 0 Å². The van der Waals surface area contributed by atoms with Crippen LogP contribution in [-0.2, 0) is 11.3 Å². The summed E-state index contributed by atoms with van der Waals surface area (Å²) in [4.78, 5) is 26.9. The molecule has 0 saturated carbocycles. The molecule has 2 N–H and O–H groups in total. The molecule has 1 unspecified atom stereocenters. The molecule has 2 aliphatic heterocycles. The van der Waals surface area contributed by atoms with Gasteiger partial charge in [-0.2, -0.15) is 0 Å². The van der Waals surface area contributed by atoms with E-state index in [9.17, 15) is 14.0 Å². The van der Waals surface area contributed by atoms with Crippen molar-refractivity contribution in [3.05, 3.63) is 59.4 Å². The van der Waals surface area contributed by atoms with Crippen molar-refractivity contribution >= 4 is 23.2 Å². The van der Waals surface area contributed by atoms with Gasteiger partial charge in [-0.25, -0.2) is 4.39 Å². The van der Waals surface area contributed by atoms with Gasteiger partial charge < -0.3 is 15.5 Å². The lowest BCUT2D eigenvalue weighted by molar-refractivity contribution is -0.118. The third-order valence-electron chi connectivity index (χ3n) is 4.97. The first-order valence-corrected chi connectivity index (χ1v) is 8.86. The number of piperidine rings is 1. The molecule has 2 heterocycles. The zero-order chi connectivity index (χ0) is 18.1. The quantitative estimate of drug-likeness (QED) is 0.891. The number of anilines is 2. The lowest BCUT2D eigenvalue weighted by Gasteiger charge is -2.41. The lowest BCUT2D eigenvalue weighted by Crippen LogP contribution is -2.50. The van der Waals surface area contributed by atoms with Gasteiger partial charge in [0.25, 0.3) is 5.91 Å². The molecule has 0 spiro atoms. The van der Waals surface area contributed by atoms with Crippen LogP contribution in [0.1, 0.15) is 35.2 Å². The van der Waals surface area contributed by atoms with E-state index in [4.69, 9.17) is 0 Å². The van der Waals surface area contributed by atoms with E-state index in [1.165, 1.54) is 12.1 Å². The summed E-state index contributed by atoms with van der Waals surface area (Å²) < 4.78 is 13.2. The molecule has 6 heteroatoms. The van der Waals surface area contributed by atoms with Crippen LogP contribution in [0.4, 0.5) is 15.8 Å². The molecule has 0 radical (unpaired) electrons. The van der Waals surface area contributed by atoms with Crippen LogP contribution >= 0.6 is 0 Å². The Labute approximate surface area is 151 Å². The minimum Gasteiger partial charge on any atom is -0.358 e. The molecule has 1 atom stereocenters. The first-order valence-electron chi connectivity index (χ1n) is 8.86. The van der Waals surface area contributed by atoms with Crippen LogP contribution in [0.3, 0.4) is 0 Å². The third-order valence-corrected chi connectivity index (χ3v) is 4.97. The van der Waals surface area contributed by atoms with Crippen molar-refractivity contribution in [1.29, 1.82) is 0 Å². The Morgan fingerprint density at radius 1 is 1.23 bits per heavy atom. The molecule has 26 heavy (non-hydrogen) atoms. The molecule has 0 aliphatic carbocycles. The van der Waals surface area contributed by atoms with Gasteiger partial charge in [-0.15, -0.1) is 0 Å². The SMILES string of the molecule is O=C(NCc1cccc(F)c1)c1ccc2c(c1)NC(=O)C1CCCCN21. The number of halogens is 1. The molecule has 2 aromatic rings. The first kappa shape index (κ1) is 16.6. The highest BCUT2D eigenvalue weighted by Gasteiger charge is 2.34. The monoisotopic (exact) mass is 353 g/mol. The molecule has 5 nitrogen and oxygen atoms in total. The van der Waals surface area contributed by atoms with Gasteiger partial charge in [-0.1, -0.05) is 12.1 Å². The Balaban J connectivity index is 1.51. The smallest absolute Gasteiger partial charge is 0.251 e. The van der Waals surface area contributed by atoms with Crippen LogP contribution in [-0.4, -0.2) is 24.4 Å². The second-order valence-corrected chi connectivity index (χ2v) is 6.74. The maximum Gasteiger partial charge on any atom is 0.251 e. The fourth-order valence-electron chi connectivity index (χ4n) is 3.67. The van der Waals surface area contributed by atoms with E-state index in [1.54, 1.807) is 24.3 Å². The number of benzene rings is 2. The number of hydrogen-bond acceptors (Lipinski definition) is 3. The van der Waals surface area contributed by atoms with Gasteiger partial charge >= 0.3 is 0 Å². The Morgan fingerprint density at radius 3 is 2.96 bits per heavy atom. The number of amides is 2. The summed E-state index contributed by atoms with van der Waals surface area (Å²) >= 11 is 0. The van der Waals surface area contributed by atoms with Crippen molar-refractivity contribution in [1.82, 2.24) is 5.32 Å². The fraction of sp³-hybridized carbons (Fsp3) is 0.300. The fourth-order valence-corrected chi connectivity index (χ4v) is 3.67. The van der Waals surface area contributed by atoms with Crippen LogP contribution in [0.25, 0.3) is 0 Å². The van der Waals surface area contributed by atoms with Gasteiger partial charge in [0, 0.05) is 18.7 Å². The molecule has 1 saturated heterocycles. The van der Waals surface area contributed by atoms with E-state index in [0.717, 1.165) is 31.5 Å². The van der Waals surface area contributed by atoms with Crippen molar-refractivity contribution < 1.29 is 14.0 Å². The van der Waals surface area contributed by atoms with Crippen LogP contribution < -0.4 is 15.5 Å². The average molecular weight is 353 g/mol. The maximum absolute atomic E-state index is 13.2. The molecule has 0 aromatic heterocycles. The zero-order valence-corrected chi connectivity index (χ0v) is 14.3. The van der Waals surface area contributed by atoms with E-state index in [2.05, 4.69) is 15.5 Å². The van der Waals surface area contributed by atoms with Crippen molar-refractivity contribution in [2.75, 3.05) is 16.8 Å². The van der Waals surface area contributed by atoms with Crippen LogP contribution in [0.2, 0.25) is 0 Å². The normalized spacial score (nSPS) is 18.6. The summed E-state index contributed by atoms with van der Waals surface area (Å²) in [5.74, 6) is -0.592. The molecule has 2 aliphatic rings. The zero-order valence-electron chi connectivity index (χ0n) is 14.3. The Kier molecular flexibility index (Phi) is 4.32. The molecule has 2 amide bonds. The van der Waals surface area contributed by atoms with Crippen molar-refractivity contribution in [2.45, 2.75) is 31.8 Å². The van der Waals surface area contributed by atoms with E-state index in [0.29, 0.717) is 16.8 Å². The van der Waals surface area contributed by atoms with Crippen molar-refractivity contribution in [3.63, 3.8) is 0 Å². The summed E-state index contributed by atoms with van der Waals surface area (Å²) in [6.07, 6.45) is 2.99. The Morgan fingerprint density at radius 2 is 2.12 bits per heavy atom. The first-order chi connectivity index (χ1) is 12.6. The molecule has 134 valence electrons. The van der Waals surface area contributed by atoms with Crippen molar-refractivity contribution in [2.24, 2.45) is 0 Å². The van der Waals surface area contributed by atoms with Crippen LogP contribution in [0.5, 0.6) is 0 Å². The highest BCUT2D eigenvalue weighted by Crippen LogP contribution is 2.36. The lowest BCUT2D eigenvalue weighted by atomic mass is 9.97. The molecule has 1 fully saturated rings. The number of carbonyl (C=O) groups is 2. The van der Waals surface area contributed by atoms with E-state index >= 15 is 0 Å². The predicted molar refractivity (Wildman–Crippen MR) is 97.6 cm³/mol. The van der Waals surface area contributed by atoms with Gasteiger partial charge in [-0.3, -0.25) is 9.59 Å². The number of nitrogens with zero attached hydrogens (tertiary/aromatic N) is 1. The summed E-state index contributed by atoms with van der Waals surface area (Å²) in [6, 6.07) is 11.4. The number of nitrogens with one attached hydrogen (secondary N) is 2. The van der Waals surface area contributed by atoms with Gasteiger partial charge in [0.2, 0.25) is 5.91 Å². The number of carbonyl (C=O) groups excluding carboxylic acids is 2. The van der Waals surface area contributed by atoms with E-state index in [-0.39, 0.29) is 30.2 Å². The van der Waals surface area contributed by atoms with Crippen LogP contribution in [0.15, 0.2) is 42.5 Å². The molecule has 2 aromatic carbocycles. The predicted octanol–water partition coefficient (Wildman–Crippen LogP) is 3.07. The number of rotatable bonds is 3. The van der Waals surface area contributed by atoms with Gasteiger partial charge in [0.1, 0.15) is 11.9 Å². The highest BCUT2D eigenvalue weighted by atomic mass is 19.1. The van der Waals surface area contributed by atoms with E-state index < -0.39 is 0 Å². The molecular formula is C20H20FN3O2. The minimum absolute atomic E-state index is 0.00508. The highest BCUT2D eigenvalue weighted by molar-refractivity contribution is 6.05. The van der Waals surface area contributed by atoms with Gasteiger partial charge in [-0.05, 0) is 55.2 Å². The molecule has 4 rings (SSSR count). The molecule has 0 bridgehead atoms. The summed E-state index contributed by atoms with van der Waals surface area (Å²) in [5, 5.41) is 5.71. The Hall–Kier alpha value is -2.89. The molecular weight excluding hydrogens is 333 g/mol. The number of hydrogen-bond donors (Lipinski definition) is 2. The third kappa shape index (κ3) is 3.14. The van der Waals surface area contributed by atoms with Gasteiger partial charge in [0.05, 0.1) is 11.4 Å². The second kappa shape index (κ2) is 6.78. The average Bonchev–Trinajstić information content (AvgIpc) is 2.66. The maximum atomic E-state index is 13.2. The summed E-state index contributed by atoms with van der Waals surface area (Å²) in [5.41, 5.74) is 2.80. The standard InChI is InChI=1S/C20H20FN3O2/c21-15-5-3-4-13(10-15)12-22-19(25)14-7-8-17-16(11-14)23-20(26)18-6-1-2-9-24(17)18/h3-5,7-8,10-11,18H,1-2,6,9,12H2,(H,22,25)(H,23,26). The summed E-state index contributed by atoms with van der Waals surface area (Å²) in [7, 11) is 0.